The number of amides is 1. The Balaban J connectivity index is 1.44. The highest BCUT2D eigenvalue weighted by Gasteiger charge is 2.57. The summed E-state index contributed by atoms with van der Waals surface area (Å²) in [7, 11) is -4.23. The molecule has 1 amide bonds. The van der Waals surface area contributed by atoms with Crippen molar-refractivity contribution in [2.24, 2.45) is 0 Å². The zero-order valence-corrected chi connectivity index (χ0v) is 19.0. The van der Waals surface area contributed by atoms with Crippen molar-refractivity contribution in [3.05, 3.63) is 46.9 Å². The van der Waals surface area contributed by atoms with Crippen LogP contribution in [0.5, 0.6) is 0 Å². The number of phosphoric acid groups is 1. The molecule has 3 aliphatic heterocycles. The first-order valence-electron chi connectivity index (χ1n) is 10.1. The molecule has 9 nitrogen and oxygen atoms in total. The molecule has 0 radical (unpaired) electrons. The van der Waals surface area contributed by atoms with Crippen LogP contribution >= 0.6 is 19.4 Å². The summed E-state index contributed by atoms with van der Waals surface area (Å²) in [6.07, 6.45) is -3.70. The Labute approximate surface area is 192 Å². The first-order valence-corrected chi connectivity index (χ1v) is 11.9. The second-order valence-electron chi connectivity index (χ2n) is 7.98. The lowest BCUT2D eigenvalue weighted by atomic mass is 9.97. The van der Waals surface area contributed by atoms with Crippen molar-refractivity contribution in [2.75, 3.05) is 13.2 Å². The van der Waals surface area contributed by atoms with Gasteiger partial charge in [0.25, 0.3) is 0 Å². The van der Waals surface area contributed by atoms with Crippen molar-refractivity contribution < 1.29 is 46.3 Å². The highest BCUT2D eigenvalue weighted by atomic mass is 35.5. The molecule has 1 N–H and O–H groups in total. The van der Waals surface area contributed by atoms with Gasteiger partial charge in [-0.1, -0.05) is 23.7 Å². The number of hydrogen-bond donors (Lipinski definition) is 1. The Morgan fingerprint density at radius 3 is 2.88 bits per heavy atom. The van der Waals surface area contributed by atoms with Crippen LogP contribution < -0.4 is 0 Å². The summed E-state index contributed by atoms with van der Waals surface area (Å²) in [5.41, 5.74) is -2.35. The zero-order valence-electron chi connectivity index (χ0n) is 17.4. The van der Waals surface area contributed by atoms with Crippen LogP contribution in [0.2, 0.25) is 5.02 Å². The molecule has 4 rings (SSSR count). The minimum Gasteiger partial charge on any atom is -0.387 e. The second-order valence-corrected chi connectivity index (χ2v) is 10.0. The number of rotatable bonds is 5. The molecule has 180 valence electrons. The van der Waals surface area contributed by atoms with Crippen LogP contribution in [0.4, 0.5) is 8.78 Å². The number of aliphatic hydroxyl groups is 1. The lowest BCUT2D eigenvalue weighted by Crippen LogP contribution is -2.51. The second kappa shape index (κ2) is 9.14. The molecule has 0 aromatic heterocycles. The van der Waals surface area contributed by atoms with Crippen molar-refractivity contribution in [3.8, 4) is 0 Å². The smallest absolute Gasteiger partial charge is 0.387 e. The topological polar surface area (TPSA) is 112 Å². The number of phosphoric ester groups is 1. The number of ketones is 1. The molecule has 0 aliphatic carbocycles. The molecule has 1 unspecified atom stereocenters. The fourth-order valence-corrected chi connectivity index (χ4v) is 5.40. The Bertz CT molecular complexity index is 1040. The van der Waals surface area contributed by atoms with Gasteiger partial charge in [0.05, 0.1) is 30.8 Å². The molecule has 0 bridgehead atoms. The number of allylic oxidation sites excluding steroid dienone is 1. The van der Waals surface area contributed by atoms with E-state index in [2.05, 4.69) is 0 Å². The number of benzene rings is 1. The number of hydrogen-bond acceptors (Lipinski definition) is 8. The molecule has 13 heteroatoms. The predicted octanol–water partition coefficient (Wildman–Crippen LogP) is 3.21. The summed E-state index contributed by atoms with van der Waals surface area (Å²) in [6.45, 7) is 0.351. The molecule has 33 heavy (non-hydrogen) atoms. The van der Waals surface area contributed by atoms with Crippen LogP contribution in [0.3, 0.4) is 0 Å². The third-order valence-corrected chi connectivity index (χ3v) is 7.38. The first-order chi connectivity index (χ1) is 15.5. The average Bonchev–Trinajstić information content (AvgIpc) is 2.98. The van der Waals surface area contributed by atoms with Crippen molar-refractivity contribution in [3.63, 3.8) is 0 Å². The van der Waals surface area contributed by atoms with Crippen molar-refractivity contribution >= 4 is 31.1 Å². The van der Waals surface area contributed by atoms with Gasteiger partial charge in [0.2, 0.25) is 5.91 Å². The average molecular weight is 508 g/mol. The van der Waals surface area contributed by atoms with Crippen LogP contribution in [-0.2, 0) is 32.5 Å². The molecule has 0 saturated carbocycles. The fraction of sp³-hybridized carbons (Fsp3) is 0.500. The molecule has 3 heterocycles. The maximum absolute atomic E-state index is 15.3. The van der Waals surface area contributed by atoms with E-state index in [4.69, 9.17) is 29.9 Å². The lowest BCUT2D eigenvalue weighted by Gasteiger charge is -2.32. The van der Waals surface area contributed by atoms with Crippen LogP contribution in [0.25, 0.3) is 0 Å². The predicted molar refractivity (Wildman–Crippen MR) is 109 cm³/mol. The van der Waals surface area contributed by atoms with Crippen LogP contribution in [0, 0.1) is 5.82 Å². The Kier molecular flexibility index (Phi) is 6.76. The number of alkyl halides is 1. The van der Waals surface area contributed by atoms with Gasteiger partial charge in [-0.3, -0.25) is 28.1 Å². The van der Waals surface area contributed by atoms with E-state index in [0.29, 0.717) is 0 Å². The SMILES string of the molecule is C[C@@]1(F)[C@H](O)[C@@H](COP2(=O)OCC[C@H](c3cccc(Cl)c3F)O2)O[C@H]1N1C=CC(=O)CC1=O. The van der Waals surface area contributed by atoms with E-state index < -0.39 is 68.6 Å². The minimum absolute atomic E-state index is 0.0769. The number of halogens is 3. The molecule has 0 spiro atoms. The van der Waals surface area contributed by atoms with Gasteiger partial charge in [-0.25, -0.2) is 13.3 Å². The van der Waals surface area contributed by atoms with E-state index in [9.17, 15) is 23.7 Å². The van der Waals surface area contributed by atoms with E-state index in [1.54, 1.807) is 0 Å². The number of carbonyl (C=O) groups excluding carboxylic acids is 2. The van der Waals surface area contributed by atoms with E-state index >= 15 is 4.39 Å². The summed E-state index contributed by atoms with van der Waals surface area (Å²) in [6, 6.07) is 4.30. The first kappa shape index (κ1) is 24.4. The van der Waals surface area contributed by atoms with E-state index in [0.717, 1.165) is 24.1 Å². The molecule has 2 fully saturated rings. The Morgan fingerprint density at radius 1 is 1.39 bits per heavy atom. The van der Waals surface area contributed by atoms with Crippen molar-refractivity contribution in [1.82, 2.24) is 4.90 Å². The summed E-state index contributed by atoms with van der Waals surface area (Å²) >= 11 is 5.80. The van der Waals surface area contributed by atoms with Gasteiger partial charge >= 0.3 is 7.82 Å². The third-order valence-electron chi connectivity index (χ3n) is 5.62. The maximum atomic E-state index is 15.3. The lowest BCUT2D eigenvalue weighted by molar-refractivity contribution is -0.151. The fourth-order valence-electron chi connectivity index (χ4n) is 3.83. The summed E-state index contributed by atoms with van der Waals surface area (Å²) in [4.78, 5) is 24.4. The van der Waals surface area contributed by atoms with Crippen LogP contribution in [-0.4, -0.2) is 59.0 Å². The van der Waals surface area contributed by atoms with Gasteiger partial charge in [0, 0.05) is 18.2 Å². The monoisotopic (exact) mass is 507 g/mol. The number of carbonyl (C=O) groups is 2. The Morgan fingerprint density at radius 2 is 2.15 bits per heavy atom. The van der Waals surface area contributed by atoms with Crippen LogP contribution in [0.15, 0.2) is 30.5 Å². The van der Waals surface area contributed by atoms with Crippen LogP contribution in [0.1, 0.15) is 31.4 Å². The molecule has 1 aromatic carbocycles. The molecular weight excluding hydrogens is 487 g/mol. The van der Waals surface area contributed by atoms with Crippen molar-refractivity contribution in [2.45, 2.75) is 50.0 Å². The Hall–Kier alpha value is -1.72. The van der Waals surface area contributed by atoms with Crippen molar-refractivity contribution in [1.29, 1.82) is 0 Å². The molecule has 3 aliphatic rings. The zero-order chi connectivity index (χ0) is 24.0. The molecular formula is C20H21ClF2NO8P. The van der Waals surface area contributed by atoms with Gasteiger partial charge in [-0.2, -0.15) is 0 Å². The molecule has 6 atom stereocenters. The van der Waals surface area contributed by atoms with E-state index in [-0.39, 0.29) is 23.6 Å². The van der Waals surface area contributed by atoms with Gasteiger partial charge in [0.15, 0.2) is 17.7 Å². The van der Waals surface area contributed by atoms with E-state index in [1.165, 1.54) is 18.2 Å². The molecule has 1 aromatic rings. The standard InChI is InChI=1S/C20H21ClF2NO8P/c1-20(23)18(27)15(31-19(20)24-7-5-11(25)9-16(24)26)10-30-33(28)29-8-6-14(32-33)12-3-2-4-13(21)17(12)22/h2-5,7,14-15,18-19,27H,6,8-10H2,1H3/t14-,15-,18-,19-,20-,33?/m1/s1. The van der Waals surface area contributed by atoms with E-state index in [1.807, 2.05) is 0 Å². The number of ether oxygens (including phenoxy) is 1. The third kappa shape index (κ3) is 4.77. The van der Waals surface area contributed by atoms with Gasteiger partial charge < -0.3 is 9.84 Å². The van der Waals surface area contributed by atoms with Gasteiger partial charge in [-0.15, -0.1) is 0 Å². The number of aliphatic hydroxyl groups excluding tert-OH is 1. The number of nitrogens with zero attached hydrogens (tertiary/aromatic N) is 1. The summed E-state index contributed by atoms with van der Waals surface area (Å²) in [5.74, 6) is -1.85. The summed E-state index contributed by atoms with van der Waals surface area (Å²) in [5, 5.41) is 10.3. The van der Waals surface area contributed by atoms with Gasteiger partial charge in [-0.05, 0) is 19.1 Å². The molecule has 2 saturated heterocycles. The maximum Gasteiger partial charge on any atom is 0.475 e. The van der Waals surface area contributed by atoms with Gasteiger partial charge in [0.1, 0.15) is 18.0 Å². The normalized spacial score (nSPS) is 37.1. The summed E-state index contributed by atoms with van der Waals surface area (Å²) < 4.78 is 63.8. The largest absolute Gasteiger partial charge is 0.475 e. The minimum atomic E-state index is -4.23. The quantitative estimate of drug-likeness (QED) is 0.478. The highest BCUT2D eigenvalue weighted by Crippen LogP contribution is 2.57. The highest BCUT2D eigenvalue weighted by molar-refractivity contribution is 7.48.